The Labute approximate surface area is 268 Å². The van der Waals surface area contributed by atoms with E-state index >= 15 is 0 Å². The third-order valence-corrected chi connectivity index (χ3v) is 8.06. The summed E-state index contributed by atoms with van der Waals surface area (Å²) in [5, 5.41) is 14.5. The molecule has 6 rings (SSSR count). The molecule has 1 saturated heterocycles. The molecule has 0 bridgehead atoms. The third kappa shape index (κ3) is 6.28. The topological polar surface area (TPSA) is 126 Å². The minimum Gasteiger partial charge on any atom is -0.443 e. The van der Waals surface area contributed by atoms with Crippen molar-refractivity contribution in [1.29, 1.82) is 0 Å². The number of carbonyl (C=O) groups excluding carboxylic acids is 2. The molecule has 45 heavy (non-hydrogen) atoms. The molecule has 0 saturated carbocycles. The molecule has 0 spiro atoms. The Morgan fingerprint density at radius 1 is 1.02 bits per heavy atom. The average Bonchev–Trinajstić information content (AvgIpc) is 3.68. The van der Waals surface area contributed by atoms with Gasteiger partial charge in [0.2, 0.25) is 5.13 Å². The van der Waals surface area contributed by atoms with Crippen LogP contribution in [-0.4, -0.2) is 66.1 Å². The van der Waals surface area contributed by atoms with E-state index in [1.807, 2.05) is 30.5 Å². The Balaban J connectivity index is 1.37. The van der Waals surface area contributed by atoms with Crippen LogP contribution in [0.5, 0.6) is 0 Å². The van der Waals surface area contributed by atoms with Crippen LogP contribution in [0.1, 0.15) is 47.6 Å². The smallest absolute Gasteiger partial charge is 0.435 e. The van der Waals surface area contributed by atoms with Crippen molar-refractivity contribution in [2.45, 2.75) is 58.8 Å². The van der Waals surface area contributed by atoms with Gasteiger partial charge in [0.25, 0.3) is 0 Å². The van der Waals surface area contributed by atoms with Crippen molar-refractivity contribution >= 4 is 56.8 Å². The second-order valence-corrected chi connectivity index (χ2v) is 13.8. The number of aromatic nitrogens is 6. The van der Waals surface area contributed by atoms with E-state index in [-0.39, 0.29) is 16.2 Å². The van der Waals surface area contributed by atoms with Gasteiger partial charge in [-0.1, -0.05) is 41.1 Å². The minimum atomic E-state index is -0.803. The molecule has 12 nitrogen and oxygen atoms in total. The first-order valence-corrected chi connectivity index (χ1v) is 15.5. The number of rotatable bonds is 5. The van der Waals surface area contributed by atoms with E-state index in [4.69, 9.17) is 25.8 Å². The standard InChI is InChI=1S/C31H32ClN7O5S/c1-30(2,3)43-28(40)38(23-11-10-22-21(24(23)32)15-34-39(22)29(41)44-31(4,5)6)27-36-35-26(45-27)19-9-7-8-18(14-19)25-33-12-13-37(25)20-16-42-17-20/h7-15,20H,16-17H2,1-6H3. The summed E-state index contributed by atoms with van der Waals surface area (Å²) in [5.41, 5.74) is 0.921. The van der Waals surface area contributed by atoms with Crippen LogP contribution < -0.4 is 4.90 Å². The molecule has 1 amide bonds. The van der Waals surface area contributed by atoms with E-state index in [0.29, 0.717) is 34.8 Å². The van der Waals surface area contributed by atoms with Gasteiger partial charge in [0.1, 0.15) is 22.0 Å². The van der Waals surface area contributed by atoms with Gasteiger partial charge in [-0.3, -0.25) is 0 Å². The summed E-state index contributed by atoms with van der Waals surface area (Å²) < 4.78 is 19.9. The molecule has 0 aliphatic carbocycles. The lowest BCUT2D eigenvalue weighted by atomic mass is 10.1. The highest BCUT2D eigenvalue weighted by atomic mass is 35.5. The Morgan fingerprint density at radius 3 is 2.44 bits per heavy atom. The predicted octanol–water partition coefficient (Wildman–Crippen LogP) is 7.50. The number of benzene rings is 2. The van der Waals surface area contributed by atoms with Crippen LogP contribution in [0, 0.1) is 0 Å². The highest BCUT2D eigenvalue weighted by Crippen LogP contribution is 2.41. The molecule has 0 radical (unpaired) electrons. The highest BCUT2D eigenvalue weighted by Gasteiger charge is 2.31. The monoisotopic (exact) mass is 649 g/mol. The maximum atomic E-state index is 13.7. The quantitative estimate of drug-likeness (QED) is 0.190. The zero-order chi connectivity index (χ0) is 32.1. The number of hydrogen-bond donors (Lipinski definition) is 0. The zero-order valence-electron chi connectivity index (χ0n) is 25.6. The van der Waals surface area contributed by atoms with Crippen LogP contribution in [0.3, 0.4) is 0 Å². The van der Waals surface area contributed by atoms with Gasteiger partial charge in [-0.05, 0) is 59.7 Å². The van der Waals surface area contributed by atoms with Crippen LogP contribution in [0.25, 0.3) is 32.9 Å². The summed E-state index contributed by atoms with van der Waals surface area (Å²) >= 11 is 8.10. The number of nitrogens with zero attached hydrogens (tertiary/aromatic N) is 7. The molecular formula is C31H32ClN7O5S. The fourth-order valence-corrected chi connectivity index (χ4v) is 5.83. The van der Waals surface area contributed by atoms with Crippen molar-refractivity contribution < 1.29 is 23.8 Å². The van der Waals surface area contributed by atoms with Gasteiger partial charge in [0, 0.05) is 28.9 Å². The molecule has 0 unspecified atom stereocenters. The third-order valence-electron chi connectivity index (χ3n) is 6.71. The van der Waals surface area contributed by atoms with E-state index in [2.05, 4.69) is 24.8 Å². The summed E-state index contributed by atoms with van der Waals surface area (Å²) in [7, 11) is 0. The number of anilines is 2. The number of hydrogen-bond acceptors (Lipinski definition) is 10. The first-order valence-electron chi connectivity index (χ1n) is 14.3. The van der Waals surface area contributed by atoms with Crippen LogP contribution in [0.4, 0.5) is 20.4 Å². The summed E-state index contributed by atoms with van der Waals surface area (Å²) in [6.07, 6.45) is 3.85. The fraction of sp³-hybridized carbons (Fsp3) is 0.355. The van der Waals surface area contributed by atoms with Gasteiger partial charge in [0.15, 0.2) is 0 Å². The van der Waals surface area contributed by atoms with Crippen LogP contribution >= 0.6 is 22.9 Å². The number of carbonyl (C=O) groups is 2. The summed E-state index contributed by atoms with van der Waals surface area (Å²) in [4.78, 5) is 32.3. The van der Waals surface area contributed by atoms with Gasteiger partial charge in [-0.15, -0.1) is 10.2 Å². The molecule has 3 aromatic heterocycles. The Morgan fingerprint density at radius 2 is 1.76 bits per heavy atom. The lowest BCUT2D eigenvalue weighted by Gasteiger charge is -2.28. The Bertz CT molecular complexity index is 1900. The van der Waals surface area contributed by atoms with E-state index in [1.54, 1.807) is 59.9 Å². The van der Waals surface area contributed by atoms with Crippen molar-refractivity contribution in [3.63, 3.8) is 0 Å². The largest absolute Gasteiger partial charge is 0.443 e. The molecule has 0 atom stereocenters. The van der Waals surface area contributed by atoms with Gasteiger partial charge in [-0.25, -0.2) is 19.5 Å². The van der Waals surface area contributed by atoms with Crippen molar-refractivity contribution in [1.82, 2.24) is 29.5 Å². The summed E-state index contributed by atoms with van der Waals surface area (Å²) in [6.45, 7) is 11.9. The molecule has 1 fully saturated rings. The lowest BCUT2D eigenvalue weighted by molar-refractivity contribution is -0.0226. The first-order chi connectivity index (χ1) is 21.3. The van der Waals surface area contributed by atoms with Crippen molar-refractivity contribution in [3.05, 3.63) is 60.0 Å². The summed E-state index contributed by atoms with van der Waals surface area (Å²) in [6, 6.07) is 11.3. The molecular weight excluding hydrogens is 618 g/mol. The normalized spacial score (nSPS) is 13.9. The molecule has 0 N–H and O–H groups in total. The number of imidazole rings is 1. The highest BCUT2D eigenvalue weighted by molar-refractivity contribution is 7.18. The van der Waals surface area contributed by atoms with Gasteiger partial charge in [-0.2, -0.15) is 9.78 Å². The van der Waals surface area contributed by atoms with E-state index in [1.165, 1.54) is 22.4 Å². The van der Waals surface area contributed by atoms with E-state index < -0.39 is 23.4 Å². The van der Waals surface area contributed by atoms with Crippen LogP contribution in [0.15, 0.2) is 55.0 Å². The Kier molecular flexibility index (Phi) is 7.88. The number of amides is 1. The second kappa shape index (κ2) is 11.5. The molecule has 1 aliphatic rings. The predicted molar refractivity (Wildman–Crippen MR) is 171 cm³/mol. The zero-order valence-corrected chi connectivity index (χ0v) is 27.2. The number of fused-ring (bicyclic) bond motifs is 1. The Hall–Kier alpha value is -4.33. The van der Waals surface area contributed by atoms with Gasteiger partial charge < -0.3 is 18.8 Å². The molecule has 234 valence electrons. The van der Waals surface area contributed by atoms with Crippen molar-refractivity contribution in [3.8, 4) is 22.0 Å². The fourth-order valence-electron chi connectivity index (χ4n) is 4.70. The van der Waals surface area contributed by atoms with Crippen molar-refractivity contribution in [2.24, 2.45) is 0 Å². The second-order valence-electron chi connectivity index (χ2n) is 12.5. The lowest BCUT2D eigenvalue weighted by Crippen LogP contribution is -2.34. The number of ether oxygens (including phenoxy) is 3. The number of halogens is 1. The molecule has 14 heteroatoms. The van der Waals surface area contributed by atoms with E-state index in [0.717, 1.165) is 21.6 Å². The van der Waals surface area contributed by atoms with Crippen LogP contribution in [0.2, 0.25) is 5.02 Å². The average molecular weight is 650 g/mol. The molecule has 4 heterocycles. The SMILES string of the molecule is CC(C)(C)OC(=O)N(c1nnc(-c2cccc(-c3nccn3C3COC3)c2)s1)c1ccc2c(cnn2C(=O)OC(C)(C)C)c1Cl. The maximum absolute atomic E-state index is 13.7. The van der Waals surface area contributed by atoms with E-state index in [9.17, 15) is 9.59 Å². The molecule has 1 aliphatic heterocycles. The molecule has 2 aromatic carbocycles. The van der Waals surface area contributed by atoms with Gasteiger partial charge in [0.05, 0.1) is 41.7 Å². The summed E-state index contributed by atoms with van der Waals surface area (Å²) in [5.74, 6) is 0.831. The van der Waals surface area contributed by atoms with Crippen LogP contribution in [-0.2, 0) is 14.2 Å². The first kappa shape index (κ1) is 30.7. The van der Waals surface area contributed by atoms with Crippen molar-refractivity contribution in [2.75, 3.05) is 18.1 Å². The molecule has 5 aromatic rings. The minimum absolute atomic E-state index is 0.179. The maximum Gasteiger partial charge on any atom is 0.435 e. The van der Waals surface area contributed by atoms with Gasteiger partial charge >= 0.3 is 12.2 Å².